The van der Waals surface area contributed by atoms with Crippen molar-refractivity contribution >= 4 is 140 Å². The average molecular weight is 1820 g/mol. The fraction of sp³-hybridized carbons (Fsp3) is 0.190. The van der Waals surface area contributed by atoms with Gasteiger partial charge in [0.2, 0.25) is 33.7 Å². The molecule has 2 fully saturated rings. The smallest absolute Gasteiger partial charge is 0.296 e. The van der Waals surface area contributed by atoms with Crippen LogP contribution in [-0.2, 0) is 74.8 Å². The molecule has 125 heavy (non-hydrogen) atoms. The van der Waals surface area contributed by atoms with Gasteiger partial charge in [-0.1, -0.05) is 72.8 Å². The number of hydrogen-bond donors (Lipinski definition) is 16. The Labute approximate surface area is 704 Å². The highest BCUT2D eigenvalue weighted by Crippen LogP contribution is 2.49. The van der Waals surface area contributed by atoms with Crippen LogP contribution < -0.4 is 55.5 Å². The second kappa shape index (κ2) is 31.5. The SMILES string of the molecule is Cn1c(=O)c(C(=O)c2cccc(S(=O)(=O)O)c2)c2c3c(c(Nc4cc(N=c5[nH]c(=N)[nH]c(=NC6CCC(CC7CCC(N=c8[nH]c(=N)[nH]c(=Nc9cc(Nc%10ccc%11c%12c%10C(=O)c%10ccccc%10-c%12c(C(=O)c%10cccc(S(=O)(=O)O)c%10)c(=O)n%11C)c(S(=O)(=O)O)cc9S(=O)(=O)O)[nH]8)CC7)CC6)[nH]5)c(S(=O)(=O)O)cc4S(=O)(=O)O)ccc31)C(=O)c1ccccc1-2. The van der Waals surface area contributed by atoms with Crippen molar-refractivity contribution in [3.8, 4) is 22.3 Å². The molecule has 8 aromatic carbocycles. The maximum absolute atomic E-state index is 14.9. The first-order valence-electron chi connectivity index (χ1n) is 37.7. The molecule has 4 heterocycles. The highest BCUT2D eigenvalue weighted by atomic mass is 32.2. The van der Waals surface area contributed by atoms with Crippen molar-refractivity contribution in [2.24, 2.45) is 45.9 Å². The quantitative estimate of drug-likeness (QED) is 0.0280. The fourth-order valence-electron chi connectivity index (χ4n) is 16.7. The summed E-state index contributed by atoms with van der Waals surface area (Å²) < 4.78 is 219. The lowest BCUT2D eigenvalue weighted by atomic mass is 9.76. The zero-order valence-electron chi connectivity index (χ0n) is 64.7. The van der Waals surface area contributed by atoms with Gasteiger partial charge in [0.25, 0.3) is 71.8 Å². The molecule has 0 radical (unpaired) electrons. The maximum Gasteiger partial charge on any atom is 0.296 e. The lowest BCUT2D eigenvalue weighted by Crippen LogP contribution is -2.37. The predicted octanol–water partition coefficient (Wildman–Crippen LogP) is 6.64. The highest BCUT2D eigenvalue weighted by molar-refractivity contribution is 7.87. The zero-order chi connectivity index (χ0) is 89.4. The molecule has 0 amide bonds. The van der Waals surface area contributed by atoms with Gasteiger partial charge in [-0.25, -0.2) is 20.0 Å². The second-order valence-electron chi connectivity index (χ2n) is 30.1. The van der Waals surface area contributed by atoms with Crippen LogP contribution in [0.1, 0.15) is 121 Å². The van der Waals surface area contributed by atoms with Gasteiger partial charge in [0.05, 0.1) is 89.3 Å². The van der Waals surface area contributed by atoms with Gasteiger partial charge in [0.1, 0.15) is 19.6 Å². The lowest BCUT2D eigenvalue weighted by Gasteiger charge is -2.32. The van der Waals surface area contributed by atoms with Gasteiger partial charge in [0.15, 0.2) is 23.1 Å². The summed E-state index contributed by atoms with van der Waals surface area (Å²) in [5.74, 6) is -2.97. The summed E-state index contributed by atoms with van der Waals surface area (Å²) in [5, 5.41) is 22.8. The van der Waals surface area contributed by atoms with E-state index in [9.17, 15) is 107 Å². The Morgan fingerprint density at radius 1 is 0.392 bits per heavy atom. The van der Waals surface area contributed by atoms with Gasteiger partial charge in [-0.2, -0.15) is 50.5 Å². The van der Waals surface area contributed by atoms with E-state index in [-0.39, 0.29) is 135 Å². The Bertz CT molecular complexity index is 7700. The van der Waals surface area contributed by atoms with Gasteiger partial charge in [0, 0.05) is 58.2 Å². The van der Waals surface area contributed by atoms with Gasteiger partial charge in [-0.05, 0) is 154 Å². The Balaban J connectivity index is 0.640. The third-order valence-corrected chi connectivity index (χ3v) is 27.6. The first-order valence-corrected chi connectivity index (χ1v) is 46.3. The van der Waals surface area contributed by atoms with Crippen LogP contribution in [0.2, 0.25) is 0 Å². The monoisotopic (exact) mass is 1820 g/mol. The standard InChI is InChI=1S/C79H68N16O24S6/c1-94-54-27-25-48(62-64(54)60(44-13-3-5-15-46(44)70(62)98)66(72(94)100)68(96)38-9-7-11-42(30-38)120(102,103)104)84-50-32-52(58(124(114,115)116)34-56(50)122(108,109)110)86-78-90-74(80)88-76(92-78)82-40-21-17-36(18-22-40)29-37-19-23-41(24-20-37)83-77-89-75(81)91-79(93-77)87-53-33-51(57(123(111,112)113)35-59(53)125(117,118)119)85-49-26-28-55-65-61(45-14-4-6-16-47(45)71(99)63(49)65)67(73(101)95(55)2)69(97)39-10-8-12-43(31-39)121(105,106)107/h3-16,25-28,30-37,40-41,84-85H,17-24,29H2,1-2H3,(H,102,103,104)(H,105,106,107)(H,108,109,110)(H,111,112,113)(H,114,115,116)(H,117,118,119)(H4,80,82,86,88,90,92)(H4,81,83,87,89,91,93). The number of aromatic nitrogens is 8. The molecule has 40 nitrogen and oxygen atoms in total. The van der Waals surface area contributed by atoms with Crippen molar-refractivity contribution in [2.75, 3.05) is 10.6 Å². The number of carbonyl (C=O) groups is 4. The van der Waals surface area contributed by atoms with Crippen LogP contribution in [0.4, 0.5) is 34.1 Å². The van der Waals surface area contributed by atoms with Gasteiger partial charge in [-0.3, -0.25) is 96.8 Å². The van der Waals surface area contributed by atoms with Crippen LogP contribution in [0, 0.1) is 22.7 Å². The number of hydrogen-bond acceptors (Lipinski definition) is 26. The molecule has 0 atom stereocenters. The Morgan fingerprint density at radius 2 is 0.736 bits per heavy atom. The number of rotatable bonds is 20. The number of H-pyrrole nitrogens is 6. The van der Waals surface area contributed by atoms with Crippen LogP contribution in [-0.4, -0.2) is 152 Å². The molecule has 16 N–H and O–H groups in total. The molecule has 16 rings (SSSR count). The van der Waals surface area contributed by atoms with Crippen molar-refractivity contribution in [3.63, 3.8) is 0 Å². The first kappa shape index (κ1) is 85.3. The van der Waals surface area contributed by atoms with E-state index in [4.69, 9.17) is 20.8 Å². The van der Waals surface area contributed by atoms with E-state index in [2.05, 4.69) is 50.5 Å². The number of benzene rings is 8. The topological polar surface area (TPSA) is 654 Å². The van der Waals surface area contributed by atoms with Crippen LogP contribution >= 0.6 is 0 Å². The molecule has 0 saturated heterocycles. The van der Waals surface area contributed by atoms with Gasteiger partial charge < -0.3 is 19.8 Å². The molecule has 644 valence electrons. The lowest BCUT2D eigenvalue weighted by molar-refractivity contribution is 0.102. The van der Waals surface area contributed by atoms with Crippen molar-refractivity contribution in [1.29, 1.82) is 10.8 Å². The molecule has 46 heteroatoms. The summed E-state index contributed by atoms with van der Waals surface area (Å²) in [6, 6.07) is 27.3. The molecule has 4 aliphatic carbocycles. The summed E-state index contributed by atoms with van der Waals surface area (Å²) in [6.07, 6.45) is 6.08. The van der Waals surface area contributed by atoms with E-state index in [0.29, 0.717) is 37.8 Å². The van der Waals surface area contributed by atoms with E-state index in [1.54, 1.807) is 0 Å². The van der Waals surface area contributed by atoms with Crippen LogP contribution in [0.15, 0.2) is 205 Å². The molecule has 0 aliphatic heterocycles. The number of aryl methyl sites for hydroxylation is 2. The number of nitrogens with one attached hydrogen (secondary N) is 10. The number of pyridine rings is 2. The molecular formula is C79H68N16O24S6. The second-order valence-corrected chi connectivity index (χ2v) is 38.6. The van der Waals surface area contributed by atoms with Gasteiger partial charge >= 0.3 is 0 Å². The van der Waals surface area contributed by atoms with Crippen molar-refractivity contribution in [2.45, 2.75) is 99.2 Å². The minimum Gasteiger partial charge on any atom is -0.354 e. The molecule has 4 aliphatic rings. The number of anilines is 4. The molecule has 12 aromatic rings. The van der Waals surface area contributed by atoms with E-state index in [1.165, 1.54) is 111 Å². The third kappa shape index (κ3) is 16.4. The van der Waals surface area contributed by atoms with Crippen LogP contribution in [0.3, 0.4) is 0 Å². The van der Waals surface area contributed by atoms with E-state index < -0.39 is 169 Å². The van der Waals surface area contributed by atoms with Gasteiger partial charge in [-0.15, -0.1) is 0 Å². The zero-order valence-corrected chi connectivity index (χ0v) is 69.6. The van der Waals surface area contributed by atoms with E-state index in [0.717, 1.165) is 77.6 Å². The number of aromatic amines is 6. The average Bonchev–Trinajstić information content (AvgIpc) is 0.708. The minimum absolute atomic E-state index is 0.0144. The normalized spacial score (nSPS) is 17.4. The summed E-state index contributed by atoms with van der Waals surface area (Å²) in [7, 11) is -28.9. The first-order chi connectivity index (χ1) is 58.9. The summed E-state index contributed by atoms with van der Waals surface area (Å²) in [5.41, 5.74) is -8.68. The minimum atomic E-state index is -5.47. The largest absolute Gasteiger partial charge is 0.354 e. The number of fused-ring (bicyclic) bond motifs is 4. The van der Waals surface area contributed by atoms with Crippen LogP contribution in [0.25, 0.3) is 44.1 Å². The third-order valence-electron chi connectivity index (χ3n) is 22.3. The molecule has 0 spiro atoms. The Kier molecular flexibility index (Phi) is 21.5. The predicted molar refractivity (Wildman–Crippen MR) is 443 cm³/mol. The van der Waals surface area contributed by atoms with Crippen LogP contribution in [0.5, 0.6) is 0 Å². The number of carbonyl (C=O) groups excluding carboxylic acids is 4. The van der Waals surface area contributed by atoms with E-state index in [1.807, 2.05) is 0 Å². The van der Waals surface area contributed by atoms with E-state index >= 15 is 0 Å². The Morgan fingerprint density at radius 3 is 1.08 bits per heavy atom. The summed E-state index contributed by atoms with van der Waals surface area (Å²) >= 11 is 0. The maximum atomic E-state index is 14.9. The molecule has 4 aromatic heterocycles. The molecule has 0 unspecified atom stereocenters. The molecule has 2 saturated carbocycles. The molecule has 0 bridgehead atoms. The van der Waals surface area contributed by atoms with Crippen molar-refractivity contribution < 1.29 is 97.0 Å². The fourth-order valence-corrected chi connectivity index (χ4v) is 20.5. The van der Waals surface area contributed by atoms with Crippen molar-refractivity contribution in [3.05, 3.63) is 245 Å². The number of ketones is 4. The number of nitrogens with zero attached hydrogens (tertiary/aromatic N) is 6. The highest BCUT2D eigenvalue weighted by Gasteiger charge is 2.39. The van der Waals surface area contributed by atoms with Crippen molar-refractivity contribution in [1.82, 2.24) is 39.0 Å². The molecular weight excluding hydrogens is 1750 g/mol. The summed E-state index contributed by atoms with van der Waals surface area (Å²) in [4.78, 5) is 116. The Hall–Kier alpha value is -13.3. The summed E-state index contributed by atoms with van der Waals surface area (Å²) in [6.45, 7) is 0.